The van der Waals surface area contributed by atoms with Crippen molar-refractivity contribution in [3.63, 3.8) is 0 Å². The molecule has 2 N–H and O–H groups in total. The van der Waals surface area contributed by atoms with Gasteiger partial charge < -0.3 is 10.5 Å². The Kier molecular flexibility index (Phi) is 4.93. The summed E-state index contributed by atoms with van der Waals surface area (Å²) in [6.07, 6.45) is 3.80. The monoisotopic (exact) mass is 256 g/mol. The molecule has 1 aromatic carbocycles. The molecular weight excluding hydrogens is 236 g/mol. The number of nitrogens with zero attached hydrogens (tertiary/aromatic N) is 1. The Labute approximate surface area is 114 Å². The lowest BCUT2D eigenvalue weighted by molar-refractivity contribution is 0.295. The highest BCUT2D eigenvalue weighted by Gasteiger charge is 2.10. The van der Waals surface area contributed by atoms with Crippen LogP contribution in [-0.4, -0.2) is 4.98 Å². The minimum atomic E-state index is 0.0323. The van der Waals surface area contributed by atoms with E-state index < -0.39 is 0 Å². The topological polar surface area (TPSA) is 48.1 Å². The Bertz CT molecular complexity index is 499. The molecule has 1 aromatic heterocycles. The van der Waals surface area contributed by atoms with Gasteiger partial charge in [0, 0.05) is 17.8 Å². The third kappa shape index (κ3) is 3.80. The van der Waals surface area contributed by atoms with Crippen LogP contribution in [0, 0.1) is 0 Å². The van der Waals surface area contributed by atoms with Gasteiger partial charge in [-0.2, -0.15) is 0 Å². The first-order chi connectivity index (χ1) is 9.31. The summed E-state index contributed by atoms with van der Waals surface area (Å²) in [4.78, 5) is 4.25. The number of ether oxygens (including phenoxy) is 1. The molecule has 0 saturated heterocycles. The summed E-state index contributed by atoms with van der Waals surface area (Å²) in [6, 6.07) is 13.8. The Morgan fingerprint density at radius 3 is 2.68 bits per heavy atom. The van der Waals surface area contributed by atoms with Gasteiger partial charge in [-0.15, -0.1) is 0 Å². The Hall–Kier alpha value is -1.87. The van der Waals surface area contributed by atoms with Crippen molar-refractivity contribution >= 4 is 0 Å². The number of para-hydroxylation sites is 1. The zero-order valence-electron chi connectivity index (χ0n) is 11.3. The van der Waals surface area contributed by atoms with Gasteiger partial charge in [0.1, 0.15) is 12.4 Å². The van der Waals surface area contributed by atoms with E-state index in [-0.39, 0.29) is 6.04 Å². The molecule has 3 nitrogen and oxygen atoms in total. The number of benzene rings is 1. The fourth-order valence-corrected chi connectivity index (χ4v) is 2.02. The maximum atomic E-state index is 6.18. The van der Waals surface area contributed by atoms with Gasteiger partial charge in [0.15, 0.2) is 0 Å². The highest BCUT2D eigenvalue weighted by Crippen LogP contribution is 2.26. The van der Waals surface area contributed by atoms with Crippen molar-refractivity contribution in [2.24, 2.45) is 5.73 Å². The number of nitrogens with two attached hydrogens (primary N) is 1. The molecule has 0 fully saturated rings. The minimum absolute atomic E-state index is 0.0323. The fourth-order valence-electron chi connectivity index (χ4n) is 2.02. The predicted octanol–water partition coefficient (Wildman–Crippen LogP) is 3.46. The number of hydrogen-bond acceptors (Lipinski definition) is 3. The van der Waals surface area contributed by atoms with Gasteiger partial charge in [0.2, 0.25) is 0 Å². The number of pyridine rings is 1. The molecule has 0 aliphatic heterocycles. The van der Waals surface area contributed by atoms with E-state index in [9.17, 15) is 0 Å². The Morgan fingerprint density at radius 2 is 1.95 bits per heavy atom. The first-order valence-electron chi connectivity index (χ1n) is 6.68. The molecule has 3 heteroatoms. The first-order valence-corrected chi connectivity index (χ1v) is 6.68. The average Bonchev–Trinajstić information content (AvgIpc) is 2.47. The highest BCUT2D eigenvalue weighted by molar-refractivity contribution is 5.35. The molecule has 0 bridgehead atoms. The maximum absolute atomic E-state index is 6.18. The van der Waals surface area contributed by atoms with Crippen molar-refractivity contribution in [2.75, 3.05) is 0 Å². The molecule has 0 aliphatic carbocycles. The second kappa shape index (κ2) is 6.90. The predicted molar refractivity (Wildman–Crippen MR) is 76.8 cm³/mol. The molecule has 0 spiro atoms. The van der Waals surface area contributed by atoms with Crippen molar-refractivity contribution in [2.45, 2.75) is 32.4 Å². The highest BCUT2D eigenvalue weighted by atomic mass is 16.5. The lowest BCUT2D eigenvalue weighted by Crippen LogP contribution is -2.11. The van der Waals surface area contributed by atoms with E-state index >= 15 is 0 Å². The summed E-state index contributed by atoms with van der Waals surface area (Å²) in [7, 11) is 0. The van der Waals surface area contributed by atoms with Gasteiger partial charge in [-0.3, -0.25) is 4.98 Å². The molecule has 1 heterocycles. The average molecular weight is 256 g/mol. The molecule has 0 saturated carbocycles. The molecule has 1 unspecified atom stereocenters. The van der Waals surface area contributed by atoms with Crippen molar-refractivity contribution < 1.29 is 4.74 Å². The van der Waals surface area contributed by atoms with Crippen LogP contribution >= 0.6 is 0 Å². The van der Waals surface area contributed by atoms with Crippen LogP contribution < -0.4 is 10.5 Å². The number of rotatable bonds is 6. The van der Waals surface area contributed by atoms with E-state index in [1.165, 1.54) is 0 Å². The summed E-state index contributed by atoms with van der Waals surface area (Å²) >= 11 is 0. The van der Waals surface area contributed by atoms with Crippen LogP contribution in [0.5, 0.6) is 5.75 Å². The Balaban J connectivity index is 2.07. The zero-order valence-corrected chi connectivity index (χ0v) is 11.3. The van der Waals surface area contributed by atoms with E-state index in [0.717, 1.165) is 29.8 Å². The SMILES string of the molecule is CCCC(N)c1ccccc1OCc1ccccn1. The first kappa shape index (κ1) is 13.6. The molecular formula is C16H20N2O. The zero-order chi connectivity index (χ0) is 13.5. The van der Waals surface area contributed by atoms with Crippen LogP contribution in [0.2, 0.25) is 0 Å². The standard InChI is InChI=1S/C16H20N2O/c1-2-7-15(17)14-9-3-4-10-16(14)19-12-13-8-5-6-11-18-13/h3-6,8-11,15H,2,7,12,17H2,1H3. The summed E-state index contributed by atoms with van der Waals surface area (Å²) in [5.41, 5.74) is 8.17. The second-order valence-corrected chi connectivity index (χ2v) is 4.54. The lowest BCUT2D eigenvalue weighted by Gasteiger charge is -2.16. The van der Waals surface area contributed by atoms with E-state index in [4.69, 9.17) is 10.5 Å². The van der Waals surface area contributed by atoms with Crippen LogP contribution in [0.3, 0.4) is 0 Å². The smallest absolute Gasteiger partial charge is 0.130 e. The van der Waals surface area contributed by atoms with Crippen LogP contribution in [-0.2, 0) is 6.61 Å². The summed E-state index contributed by atoms with van der Waals surface area (Å²) in [6.45, 7) is 2.61. The van der Waals surface area contributed by atoms with Crippen molar-refractivity contribution in [3.8, 4) is 5.75 Å². The molecule has 0 amide bonds. The van der Waals surface area contributed by atoms with Gasteiger partial charge in [-0.25, -0.2) is 0 Å². The molecule has 19 heavy (non-hydrogen) atoms. The summed E-state index contributed by atoms with van der Waals surface area (Å²) in [5, 5.41) is 0. The fraction of sp³-hybridized carbons (Fsp3) is 0.312. The molecule has 1 atom stereocenters. The van der Waals surface area contributed by atoms with E-state index in [1.54, 1.807) is 6.20 Å². The van der Waals surface area contributed by atoms with Gasteiger partial charge in [0.05, 0.1) is 5.69 Å². The third-order valence-electron chi connectivity index (χ3n) is 3.02. The molecule has 0 aliphatic rings. The minimum Gasteiger partial charge on any atom is -0.487 e. The van der Waals surface area contributed by atoms with Gasteiger partial charge in [-0.1, -0.05) is 37.6 Å². The molecule has 0 radical (unpaired) electrons. The maximum Gasteiger partial charge on any atom is 0.130 e. The number of hydrogen-bond donors (Lipinski definition) is 1. The van der Waals surface area contributed by atoms with Gasteiger partial charge >= 0.3 is 0 Å². The normalized spacial score (nSPS) is 12.1. The largest absolute Gasteiger partial charge is 0.487 e. The third-order valence-corrected chi connectivity index (χ3v) is 3.02. The Morgan fingerprint density at radius 1 is 1.16 bits per heavy atom. The van der Waals surface area contributed by atoms with Crippen molar-refractivity contribution in [1.29, 1.82) is 0 Å². The van der Waals surface area contributed by atoms with Crippen LogP contribution in [0.15, 0.2) is 48.7 Å². The van der Waals surface area contributed by atoms with Crippen molar-refractivity contribution in [1.82, 2.24) is 4.98 Å². The quantitative estimate of drug-likeness (QED) is 0.861. The lowest BCUT2D eigenvalue weighted by atomic mass is 10.0. The summed E-state index contributed by atoms with van der Waals surface area (Å²) in [5.74, 6) is 0.856. The molecule has 100 valence electrons. The van der Waals surface area contributed by atoms with Gasteiger partial charge in [0.25, 0.3) is 0 Å². The van der Waals surface area contributed by atoms with Crippen LogP contribution in [0.4, 0.5) is 0 Å². The molecule has 2 rings (SSSR count). The summed E-state index contributed by atoms with van der Waals surface area (Å²) < 4.78 is 5.85. The van der Waals surface area contributed by atoms with E-state index in [2.05, 4.69) is 11.9 Å². The van der Waals surface area contributed by atoms with E-state index in [0.29, 0.717) is 6.61 Å². The molecule has 2 aromatic rings. The van der Waals surface area contributed by atoms with E-state index in [1.807, 2.05) is 42.5 Å². The van der Waals surface area contributed by atoms with Crippen LogP contribution in [0.25, 0.3) is 0 Å². The van der Waals surface area contributed by atoms with Crippen LogP contribution in [0.1, 0.15) is 37.1 Å². The van der Waals surface area contributed by atoms with Crippen molar-refractivity contribution in [3.05, 3.63) is 59.9 Å². The second-order valence-electron chi connectivity index (χ2n) is 4.54. The number of aromatic nitrogens is 1. The van der Waals surface area contributed by atoms with Gasteiger partial charge in [-0.05, 0) is 24.6 Å².